The minimum Gasteiger partial charge on any atom is -0.339 e. The topological polar surface area (TPSA) is 33.2 Å². The monoisotopic (exact) mass is 286 g/mol. The van der Waals surface area contributed by atoms with E-state index in [1.165, 1.54) is 0 Å². The number of hydrogen-bond acceptors (Lipinski definition) is 2. The van der Waals surface area contributed by atoms with Gasteiger partial charge in [0.05, 0.1) is 10.7 Å². The van der Waals surface area contributed by atoms with Crippen LogP contribution in [0.1, 0.15) is 23.2 Å². The van der Waals surface area contributed by atoms with Crippen LogP contribution >= 0.6 is 11.6 Å². The number of aromatic nitrogens is 1. The SMILES string of the molecule is O=C(c1ccc(-c2ncccc2Cl)cc1)N1CCCC1. The van der Waals surface area contributed by atoms with E-state index < -0.39 is 0 Å². The molecule has 4 heteroatoms. The largest absolute Gasteiger partial charge is 0.339 e. The number of benzene rings is 1. The van der Waals surface area contributed by atoms with E-state index in [1.807, 2.05) is 35.2 Å². The Morgan fingerprint density at radius 3 is 2.45 bits per heavy atom. The maximum atomic E-state index is 12.2. The average Bonchev–Trinajstić information content (AvgIpc) is 3.01. The lowest BCUT2D eigenvalue weighted by Crippen LogP contribution is -2.27. The number of pyridine rings is 1. The molecular formula is C16H15ClN2O. The smallest absolute Gasteiger partial charge is 0.253 e. The summed E-state index contributed by atoms with van der Waals surface area (Å²) < 4.78 is 0. The molecule has 0 saturated carbocycles. The van der Waals surface area contributed by atoms with Gasteiger partial charge in [-0.1, -0.05) is 23.7 Å². The summed E-state index contributed by atoms with van der Waals surface area (Å²) in [5, 5.41) is 0.617. The molecule has 3 rings (SSSR count). The summed E-state index contributed by atoms with van der Waals surface area (Å²) in [5.74, 6) is 0.112. The van der Waals surface area contributed by atoms with E-state index >= 15 is 0 Å². The van der Waals surface area contributed by atoms with Crippen molar-refractivity contribution in [3.8, 4) is 11.3 Å². The standard InChI is InChI=1S/C16H15ClN2O/c17-14-4-3-9-18-15(14)12-5-7-13(8-6-12)16(20)19-10-1-2-11-19/h3-9H,1-2,10-11H2. The van der Waals surface area contributed by atoms with Crippen molar-refractivity contribution in [1.82, 2.24) is 9.88 Å². The van der Waals surface area contributed by atoms with Crippen molar-refractivity contribution < 1.29 is 4.79 Å². The number of nitrogens with zero attached hydrogens (tertiary/aromatic N) is 2. The number of hydrogen-bond donors (Lipinski definition) is 0. The fourth-order valence-electron chi connectivity index (χ4n) is 2.47. The molecule has 3 nitrogen and oxygen atoms in total. The molecule has 1 fully saturated rings. The van der Waals surface area contributed by atoms with Crippen molar-refractivity contribution in [3.63, 3.8) is 0 Å². The second-order valence-electron chi connectivity index (χ2n) is 4.91. The predicted molar refractivity (Wildman–Crippen MR) is 79.8 cm³/mol. The van der Waals surface area contributed by atoms with Gasteiger partial charge in [0.25, 0.3) is 5.91 Å². The number of likely N-dealkylation sites (tertiary alicyclic amines) is 1. The van der Waals surface area contributed by atoms with Gasteiger partial charge in [-0.3, -0.25) is 9.78 Å². The first-order valence-corrected chi connectivity index (χ1v) is 7.14. The molecule has 0 atom stereocenters. The Balaban J connectivity index is 1.84. The number of carbonyl (C=O) groups is 1. The van der Waals surface area contributed by atoms with E-state index in [9.17, 15) is 4.79 Å². The summed E-state index contributed by atoms with van der Waals surface area (Å²) in [5.41, 5.74) is 2.39. The highest BCUT2D eigenvalue weighted by molar-refractivity contribution is 6.33. The number of carbonyl (C=O) groups excluding carboxylic acids is 1. The summed E-state index contributed by atoms with van der Waals surface area (Å²) in [6.07, 6.45) is 3.92. The Hall–Kier alpha value is -1.87. The van der Waals surface area contributed by atoms with Crippen LogP contribution in [0.5, 0.6) is 0 Å². The molecule has 1 saturated heterocycles. The summed E-state index contributed by atoms with van der Waals surface area (Å²) >= 11 is 6.13. The van der Waals surface area contributed by atoms with Crippen LogP contribution in [0.4, 0.5) is 0 Å². The van der Waals surface area contributed by atoms with E-state index in [1.54, 1.807) is 12.3 Å². The number of halogens is 1. The number of amides is 1. The first-order valence-electron chi connectivity index (χ1n) is 6.76. The fraction of sp³-hybridized carbons (Fsp3) is 0.250. The van der Waals surface area contributed by atoms with Crippen molar-refractivity contribution in [2.24, 2.45) is 0 Å². The second-order valence-corrected chi connectivity index (χ2v) is 5.32. The van der Waals surface area contributed by atoms with Crippen molar-refractivity contribution in [1.29, 1.82) is 0 Å². The van der Waals surface area contributed by atoms with Gasteiger partial charge in [-0.05, 0) is 37.1 Å². The van der Waals surface area contributed by atoms with Gasteiger partial charge in [-0.2, -0.15) is 0 Å². The molecule has 0 aliphatic carbocycles. The minimum absolute atomic E-state index is 0.112. The zero-order valence-corrected chi connectivity index (χ0v) is 11.8. The maximum Gasteiger partial charge on any atom is 0.253 e. The van der Waals surface area contributed by atoms with Crippen molar-refractivity contribution in [2.45, 2.75) is 12.8 Å². The Labute approximate surface area is 123 Å². The maximum absolute atomic E-state index is 12.2. The van der Waals surface area contributed by atoms with Crippen molar-refractivity contribution in [3.05, 3.63) is 53.2 Å². The summed E-state index contributed by atoms with van der Waals surface area (Å²) in [6, 6.07) is 11.1. The van der Waals surface area contributed by atoms with E-state index in [-0.39, 0.29) is 5.91 Å². The van der Waals surface area contributed by atoms with Crippen molar-refractivity contribution in [2.75, 3.05) is 13.1 Å². The third-order valence-electron chi connectivity index (χ3n) is 3.56. The molecule has 1 aromatic heterocycles. The fourth-order valence-corrected chi connectivity index (χ4v) is 2.70. The van der Waals surface area contributed by atoms with E-state index in [2.05, 4.69) is 4.98 Å². The molecule has 0 radical (unpaired) electrons. The highest BCUT2D eigenvalue weighted by Gasteiger charge is 2.19. The highest BCUT2D eigenvalue weighted by atomic mass is 35.5. The molecule has 20 heavy (non-hydrogen) atoms. The molecule has 0 N–H and O–H groups in total. The van der Waals surface area contributed by atoms with Crippen LogP contribution < -0.4 is 0 Å². The summed E-state index contributed by atoms with van der Waals surface area (Å²) in [7, 11) is 0. The molecule has 2 aromatic rings. The van der Waals surface area contributed by atoms with Gasteiger partial charge in [0, 0.05) is 30.4 Å². The molecule has 1 aromatic carbocycles. The molecule has 0 unspecified atom stereocenters. The van der Waals surface area contributed by atoms with E-state index in [0.29, 0.717) is 5.02 Å². The molecule has 0 bridgehead atoms. The molecule has 0 spiro atoms. The third-order valence-corrected chi connectivity index (χ3v) is 3.86. The Morgan fingerprint density at radius 1 is 1.10 bits per heavy atom. The second kappa shape index (κ2) is 5.63. The lowest BCUT2D eigenvalue weighted by Gasteiger charge is -2.15. The van der Waals surface area contributed by atoms with Crippen molar-refractivity contribution >= 4 is 17.5 Å². The predicted octanol–water partition coefficient (Wildman–Crippen LogP) is 3.64. The van der Waals surface area contributed by atoms with Gasteiger partial charge in [0.1, 0.15) is 0 Å². The van der Waals surface area contributed by atoms with Gasteiger partial charge >= 0.3 is 0 Å². The van der Waals surface area contributed by atoms with Crippen LogP contribution in [0.2, 0.25) is 5.02 Å². The molecule has 102 valence electrons. The molecule has 1 aliphatic rings. The molecular weight excluding hydrogens is 272 g/mol. The van der Waals surface area contributed by atoms with E-state index in [4.69, 9.17) is 11.6 Å². The van der Waals surface area contributed by atoms with Gasteiger partial charge in [0.2, 0.25) is 0 Å². The normalized spacial score (nSPS) is 14.6. The van der Waals surface area contributed by atoms with Crippen LogP contribution in [0.3, 0.4) is 0 Å². The Bertz CT molecular complexity index is 619. The Morgan fingerprint density at radius 2 is 1.80 bits per heavy atom. The van der Waals surface area contributed by atoms with Gasteiger partial charge in [-0.15, -0.1) is 0 Å². The number of rotatable bonds is 2. The minimum atomic E-state index is 0.112. The first kappa shape index (κ1) is 13.1. The molecule has 1 amide bonds. The third kappa shape index (κ3) is 2.54. The van der Waals surface area contributed by atoms with Gasteiger partial charge in [-0.25, -0.2) is 0 Å². The average molecular weight is 287 g/mol. The highest BCUT2D eigenvalue weighted by Crippen LogP contribution is 2.25. The van der Waals surface area contributed by atoms with Crippen LogP contribution in [-0.2, 0) is 0 Å². The first-order chi connectivity index (χ1) is 9.75. The lowest BCUT2D eigenvalue weighted by atomic mass is 10.1. The molecule has 1 aliphatic heterocycles. The van der Waals surface area contributed by atoms with Crippen LogP contribution in [0, 0.1) is 0 Å². The van der Waals surface area contributed by atoms with Crippen LogP contribution in [0.25, 0.3) is 11.3 Å². The lowest BCUT2D eigenvalue weighted by molar-refractivity contribution is 0.0793. The van der Waals surface area contributed by atoms with Gasteiger partial charge in [0.15, 0.2) is 0 Å². The van der Waals surface area contributed by atoms with Crippen LogP contribution in [0.15, 0.2) is 42.6 Å². The molecule has 2 heterocycles. The van der Waals surface area contributed by atoms with E-state index in [0.717, 1.165) is 42.8 Å². The zero-order chi connectivity index (χ0) is 13.9. The summed E-state index contributed by atoms with van der Waals surface area (Å²) in [6.45, 7) is 1.74. The van der Waals surface area contributed by atoms with Gasteiger partial charge < -0.3 is 4.90 Å². The van der Waals surface area contributed by atoms with Crippen LogP contribution in [-0.4, -0.2) is 28.9 Å². The summed E-state index contributed by atoms with van der Waals surface area (Å²) in [4.78, 5) is 18.4. The zero-order valence-electron chi connectivity index (χ0n) is 11.1. The quantitative estimate of drug-likeness (QED) is 0.844. The Kier molecular flexibility index (Phi) is 3.70.